The molecule has 0 saturated heterocycles. The minimum absolute atomic E-state index is 0.275. The van der Waals surface area contributed by atoms with Crippen LogP contribution in [0.2, 0.25) is 0 Å². The van der Waals surface area contributed by atoms with Gasteiger partial charge in [0.15, 0.2) is 0 Å². The molecule has 4 heteroatoms. The Labute approximate surface area is 204 Å². The van der Waals surface area contributed by atoms with Gasteiger partial charge in [0.1, 0.15) is 5.82 Å². The summed E-state index contributed by atoms with van der Waals surface area (Å²) < 4.78 is 16.4. The molecule has 1 aromatic carbocycles. The van der Waals surface area contributed by atoms with Crippen LogP contribution in [0.5, 0.6) is 0 Å². The first-order valence-corrected chi connectivity index (χ1v) is 12.4. The molecule has 2 aromatic heterocycles. The molecule has 3 nitrogen and oxygen atoms in total. The van der Waals surface area contributed by atoms with Crippen molar-refractivity contribution in [2.45, 2.75) is 66.3 Å². The zero-order valence-electron chi connectivity index (χ0n) is 21.3. The van der Waals surface area contributed by atoms with Crippen molar-refractivity contribution in [1.29, 1.82) is 0 Å². The number of aromatic nitrogens is 3. The Morgan fingerprint density at radius 2 is 1.76 bits per heavy atom. The summed E-state index contributed by atoms with van der Waals surface area (Å²) in [5.41, 5.74) is 5.15. The standard InChI is InChI=1S/C28H32FN3.C2H6/c1-5-11-25(12-6-2)32-20-24(19-31-32)22(8-4)17-21(7-3)23-15-16-30-28(18-23)26-13-9-10-14-27(26)29;1-2/h7-10,13-20,25H,4-6,11-12H2,1-3H3;1-2H3/b21-7+,22-17+;. The summed E-state index contributed by atoms with van der Waals surface area (Å²) in [5.74, 6) is -0.275. The molecule has 0 radical (unpaired) electrons. The fourth-order valence-electron chi connectivity index (χ4n) is 3.95. The number of halogens is 1. The number of allylic oxidation sites excluding steroid dienone is 5. The van der Waals surface area contributed by atoms with Crippen molar-refractivity contribution in [1.82, 2.24) is 14.8 Å². The van der Waals surface area contributed by atoms with Gasteiger partial charge in [-0.2, -0.15) is 5.10 Å². The lowest BCUT2D eigenvalue weighted by molar-refractivity contribution is 0.391. The molecule has 0 fully saturated rings. The molecule has 0 unspecified atom stereocenters. The molecular formula is C30H38FN3. The van der Waals surface area contributed by atoms with Gasteiger partial charge >= 0.3 is 0 Å². The number of rotatable bonds is 10. The van der Waals surface area contributed by atoms with E-state index in [1.807, 2.05) is 57.3 Å². The summed E-state index contributed by atoms with van der Waals surface area (Å²) in [6, 6.07) is 11.0. The SMILES string of the molecule is C=C/C(=C\C(=C/C)c1ccnc(-c2ccccc2F)c1)c1cnn(C(CCC)CCC)c1.CC. The predicted molar refractivity (Wildman–Crippen MR) is 144 cm³/mol. The third-order valence-electron chi connectivity index (χ3n) is 5.64. The van der Waals surface area contributed by atoms with Crippen LogP contribution in [0.25, 0.3) is 22.4 Å². The molecule has 0 aliphatic rings. The molecule has 2 heterocycles. The van der Waals surface area contributed by atoms with E-state index in [2.05, 4.69) is 47.5 Å². The minimum Gasteiger partial charge on any atom is -0.269 e. The number of nitrogens with zero attached hydrogens (tertiary/aromatic N) is 3. The average molecular weight is 460 g/mol. The lowest BCUT2D eigenvalue weighted by atomic mass is 9.99. The highest BCUT2D eigenvalue weighted by Gasteiger charge is 2.13. The van der Waals surface area contributed by atoms with Crippen molar-refractivity contribution in [3.05, 3.63) is 96.7 Å². The van der Waals surface area contributed by atoms with Crippen molar-refractivity contribution in [2.24, 2.45) is 0 Å². The van der Waals surface area contributed by atoms with E-state index >= 15 is 0 Å². The zero-order chi connectivity index (χ0) is 24.9. The summed E-state index contributed by atoms with van der Waals surface area (Å²) in [4.78, 5) is 4.38. The van der Waals surface area contributed by atoms with Crippen molar-refractivity contribution >= 4 is 11.1 Å². The highest BCUT2D eigenvalue weighted by Crippen LogP contribution is 2.28. The molecule has 0 N–H and O–H groups in total. The molecule has 180 valence electrons. The van der Waals surface area contributed by atoms with Gasteiger partial charge in [-0.05, 0) is 66.8 Å². The Balaban J connectivity index is 0.00000199. The second-order valence-electron chi connectivity index (χ2n) is 7.90. The lowest BCUT2D eigenvalue weighted by Crippen LogP contribution is -2.09. The van der Waals surface area contributed by atoms with Crippen LogP contribution in [-0.4, -0.2) is 14.8 Å². The van der Waals surface area contributed by atoms with Crippen LogP contribution in [0.15, 0.2) is 79.8 Å². The van der Waals surface area contributed by atoms with Gasteiger partial charge in [0.2, 0.25) is 0 Å². The molecule has 0 aliphatic heterocycles. The van der Waals surface area contributed by atoms with E-state index < -0.39 is 0 Å². The predicted octanol–water partition coefficient (Wildman–Crippen LogP) is 8.92. The highest BCUT2D eigenvalue weighted by atomic mass is 19.1. The van der Waals surface area contributed by atoms with Crippen LogP contribution in [0.4, 0.5) is 4.39 Å². The monoisotopic (exact) mass is 459 g/mol. The number of hydrogen-bond acceptors (Lipinski definition) is 2. The Hall–Kier alpha value is -3.27. The summed E-state index contributed by atoms with van der Waals surface area (Å²) in [5, 5.41) is 4.65. The quantitative estimate of drug-likeness (QED) is 0.283. The van der Waals surface area contributed by atoms with Gasteiger partial charge in [-0.25, -0.2) is 4.39 Å². The topological polar surface area (TPSA) is 30.7 Å². The minimum atomic E-state index is -0.275. The highest BCUT2D eigenvalue weighted by molar-refractivity contribution is 5.87. The van der Waals surface area contributed by atoms with Crippen molar-refractivity contribution < 1.29 is 4.39 Å². The first kappa shape index (κ1) is 27.0. The average Bonchev–Trinajstić information content (AvgIpc) is 3.36. The summed E-state index contributed by atoms with van der Waals surface area (Å²) in [7, 11) is 0. The van der Waals surface area contributed by atoms with Crippen molar-refractivity contribution in [3.8, 4) is 11.3 Å². The molecule has 0 bridgehead atoms. The van der Waals surface area contributed by atoms with Gasteiger partial charge in [0, 0.05) is 23.5 Å². The van der Waals surface area contributed by atoms with E-state index in [1.54, 1.807) is 18.3 Å². The molecule has 0 spiro atoms. The Kier molecular flexibility index (Phi) is 11.2. The van der Waals surface area contributed by atoms with E-state index in [-0.39, 0.29) is 5.82 Å². The van der Waals surface area contributed by atoms with Gasteiger partial charge in [0.25, 0.3) is 0 Å². The second kappa shape index (κ2) is 14.1. The van der Waals surface area contributed by atoms with Gasteiger partial charge < -0.3 is 0 Å². The van der Waals surface area contributed by atoms with Gasteiger partial charge in [0.05, 0.1) is 17.9 Å². The van der Waals surface area contributed by atoms with Crippen LogP contribution in [0.3, 0.4) is 0 Å². The fraction of sp³-hybridized carbons (Fsp3) is 0.333. The van der Waals surface area contributed by atoms with Crippen LogP contribution >= 0.6 is 0 Å². The van der Waals surface area contributed by atoms with Crippen molar-refractivity contribution in [2.75, 3.05) is 0 Å². The lowest BCUT2D eigenvalue weighted by Gasteiger charge is -2.15. The Bertz CT molecular complexity index is 1100. The fourth-order valence-corrected chi connectivity index (χ4v) is 3.95. The number of hydrogen-bond donors (Lipinski definition) is 0. The van der Waals surface area contributed by atoms with Gasteiger partial charge in [-0.15, -0.1) is 0 Å². The van der Waals surface area contributed by atoms with E-state index in [0.29, 0.717) is 17.3 Å². The van der Waals surface area contributed by atoms with Crippen LogP contribution < -0.4 is 0 Å². The first-order valence-electron chi connectivity index (χ1n) is 12.4. The van der Waals surface area contributed by atoms with E-state index in [4.69, 9.17) is 0 Å². The smallest absolute Gasteiger partial charge is 0.132 e. The first-order chi connectivity index (χ1) is 16.6. The maximum absolute atomic E-state index is 14.3. The second-order valence-corrected chi connectivity index (χ2v) is 7.90. The molecule has 0 aliphatic carbocycles. The third kappa shape index (κ3) is 6.86. The number of pyridine rings is 1. The summed E-state index contributed by atoms with van der Waals surface area (Å²) in [6.07, 6.45) is 16.3. The summed E-state index contributed by atoms with van der Waals surface area (Å²) >= 11 is 0. The molecule has 0 amide bonds. The van der Waals surface area contributed by atoms with E-state index in [0.717, 1.165) is 48.0 Å². The zero-order valence-corrected chi connectivity index (χ0v) is 21.3. The Morgan fingerprint density at radius 1 is 1.06 bits per heavy atom. The molecule has 3 rings (SSSR count). The largest absolute Gasteiger partial charge is 0.269 e. The normalized spacial score (nSPS) is 11.9. The molecule has 0 atom stereocenters. The van der Waals surface area contributed by atoms with Crippen LogP contribution in [0.1, 0.15) is 77.5 Å². The molecule has 34 heavy (non-hydrogen) atoms. The maximum Gasteiger partial charge on any atom is 0.132 e. The van der Waals surface area contributed by atoms with Crippen LogP contribution in [0, 0.1) is 5.82 Å². The number of benzene rings is 1. The molecular weight excluding hydrogens is 421 g/mol. The van der Waals surface area contributed by atoms with E-state index in [9.17, 15) is 4.39 Å². The maximum atomic E-state index is 14.3. The molecule has 3 aromatic rings. The van der Waals surface area contributed by atoms with Crippen molar-refractivity contribution in [3.63, 3.8) is 0 Å². The third-order valence-corrected chi connectivity index (χ3v) is 5.64. The van der Waals surface area contributed by atoms with E-state index in [1.165, 1.54) is 6.07 Å². The molecule has 0 saturated carbocycles. The Morgan fingerprint density at radius 3 is 2.38 bits per heavy atom. The van der Waals surface area contributed by atoms with Gasteiger partial charge in [-0.3, -0.25) is 9.67 Å². The van der Waals surface area contributed by atoms with Gasteiger partial charge in [-0.1, -0.05) is 71.4 Å². The summed E-state index contributed by atoms with van der Waals surface area (Å²) in [6.45, 7) is 14.5. The van der Waals surface area contributed by atoms with Crippen LogP contribution in [-0.2, 0) is 0 Å².